The second-order valence-corrected chi connectivity index (χ2v) is 8.86. The first kappa shape index (κ1) is 20.0. The molecule has 1 aliphatic heterocycles. The number of ketones is 1. The molecule has 2 aliphatic rings. The zero-order valence-electron chi connectivity index (χ0n) is 15.9. The van der Waals surface area contributed by atoms with E-state index in [0.717, 1.165) is 36.0 Å². The molecule has 0 bridgehead atoms. The van der Waals surface area contributed by atoms with Gasteiger partial charge in [0.1, 0.15) is 10.1 Å². The number of Topliss-reactive ketones (excluding diaryl/α,β-unsaturated/α-hetero) is 1. The summed E-state index contributed by atoms with van der Waals surface area (Å²) < 4.78 is 6.21. The van der Waals surface area contributed by atoms with Gasteiger partial charge in [-0.1, -0.05) is 24.0 Å². The molecule has 1 amide bonds. The van der Waals surface area contributed by atoms with Gasteiger partial charge in [-0.15, -0.1) is 0 Å². The van der Waals surface area contributed by atoms with Crippen molar-refractivity contribution < 1.29 is 14.0 Å². The van der Waals surface area contributed by atoms with E-state index in [2.05, 4.69) is 20.2 Å². The molecule has 0 unspecified atom stereocenters. The Morgan fingerprint density at radius 2 is 2.14 bits per heavy atom. The van der Waals surface area contributed by atoms with E-state index < -0.39 is 0 Å². The maximum absolute atomic E-state index is 12.4. The number of hydrogen-bond acceptors (Lipinski definition) is 7. The molecule has 1 saturated heterocycles. The van der Waals surface area contributed by atoms with Crippen molar-refractivity contribution in [2.45, 2.75) is 38.0 Å². The van der Waals surface area contributed by atoms with Crippen molar-refractivity contribution in [1.82, 2.24) is 14.9 Å². The first-order chi connectivity index (χ1) is 14.1. The quantitative estimate of drug-likeness (QED) is 0.738. The Hall–Kier alpha value is -2.26. The third kappa shape index (κ3) is 4.84. The number of thioether (sulfide) groups is 1. The predicted molar refractivity (Wildman–Crippen MR) is 115 cm³/mol. The summed E-state index contributed by atoms with van der Waals surface area (Å²) in [5, 5.41) is 2.72. The van der Waals surface area contributed by atoms with Crippen LogP contribution in [-0.2, 0) is 11.2 Å². The minimum absolute atomic E-state index is 0.00652. The minimum atomic E-state index is -0.209. The van der Waals surface area contributed by atoms with Gasteiger partial charge in [-0.3, -0.25) is 14.9 Å². The van der Waals surface area contributed by atoms with E-state index in [1.165, 1.54) is 24.4 Å². The molecule has 1 aliphatic carbocycles. The molecular formula is C20H22N4O3S2. The Bertz CT molecular complexity index is 910. The number of furan rings is 1. The first-order valence-corrected chi connectivity index (χ1v) is 11.1. The van der Waals surface area contributed by atoms with Crippen LogP contribution in [0.5, 0.6) is 0 Å². The fraction of sp³-hybridized carbons (Fsp3) is 0.450. The standard InChI is InChI=1S/C20H22N4O3S2/c25-16-10-13(17-5-4-8-27-17)9-15-14(16)11-21-19(22-15)23-18(26)12-29-20(28)24-6-2-1-3-7-24/h4-5,8,11,13H,1-3,6-7,9-10,12H2,(H,21,22,23,26)/t13-/m0/s1. The highest BCUT2D eigenvalue weighted by Gasteiger charge is 2.29. The summed E-state index contributed by atoms with van der Waals surface area (Å²) in [4.78, 5) is 35.5. The Kier molecular flexibility index (Phi) is 6.25. The molecule has 1 N–H and O–H groups in total. The summed E-state index contributed by atoms with van der Waals surface area (Å²) in [6, 6.07) is 3.68. The molecule has 29 heavy (non-hydrogen) atoms. The number of nitrogens with one attached hydrogen (secondary N) is 1. The van der Waals surface area contributed by atoms with E-state index in [1.54, 1.807) is 6.26 Å². The Labute approximate surface area is 178 Å². The highest BCUT2D eigenvalue weighted by atomic mass is 32.2. The lowest BCUT2D eigenvalue weighted by Crippen LogP contribution is -2.33. The number of thiocarbonyl (C=S) groups is 1. The molecular weight excluding hydrogens is 408 g/mol. The molecule has 3 heterocycles. The highest BCUT2D eigenvalue weighted by molar-refractivity contribution is 8.23. The highest BCUT2D eigenvalue weighted by Crippen LogP contribution is 2.32. The van der Waals surface area contributed by atoms with Crippen LogP contribution in [0.25, 0.3) is 0 Å². The van der Waals surface area contributed by atoms with E-state index in [0.29, 0.717) is 24.1 Å². The van der Waals surface area contributed by atoms with Crippen molar-refractivity contribution in [3.05, 3.63) is 41.6 Å². The second kappa shape index (κ2) is 9.04. The first-order valence-electron chi connectivity index (χ1n) is 9.74. The molecule has 4 rings (SSSR count). The van der Waals surface area contributed by atoms with Gasteiger partial charge in [-0.25, -0.2) is 9.97 Å². The second-order valence-electron chi connectivity index (χ2n) is 7.25. The Balaban J connectivity index is 1.36. The molecule has 0 radical (unpaired) electrons. The number of hydrogen-bond donors (Lipinski definition) is 1. The molecule has 2 aromatic heterocycles. The van der Waals surface area contributed by atoms with Crippen molar-refractivity contribution in [1.29, 1.82) is 0 Å². The van der Waals surface area contributed by atoms with Crippen LogP contribution in [0.3, 0.4) is 0 Å². The maximum Gasteiger partial charge on any atom is 0.237 e. The summed E-state index contributed by atoms with van der Waals surface area (Å²) >= 11 is 6.79. The number of carbonyl (C=O) groups excluding carboxylic acids is 2. The zero-order chi connectivity index (χ0) is 20.2. The molecule has 0 aromatic carbocycles. The number of piperidine rings is 1. The van der Waals surface area contributed by atoms with Gasteiger partial charge < -0.3 is 9.32 Å². The zero-order valence-corrected chi connectivity index (χ0v) is 17.6. The monoisotopic (exact) mass is 430 g/mol. The molecule has 1 atom stereocenters. The van der Waals surface area contributed by atoms with Crippen LogP contribution in [0, 0.1) is 0 Å². The van der Waals surface area contributed by atoms with Crippen molar-refractivity contribution in [2.75, 3.05) is 24.2 Å². The average Bonchev–Trinajstić information content (AvgIpc) is 3.27. The summed E-state index contributed by atoms with van der Waals surface area (Å²) in [6.07, 6.45) is 7.59. The number of anilines is 1. The SMILES string of the molecule is O=C(CSC(=S)N1CCCCC1)Nc1ncc2c(n1)C[C@H](c1ccco1)CC2=O. The predicted octanol–water partition coefficient (Wildman–Crippen LogP) is 3.42. The van der Waals surface area contributed by atoms with Gasteiger partial charge in [0.05, 0.1) is 23.3 Å². The summed E-state index contributed by atoms with van der Waals surface area (Å²) in [5.41, 5.74) is 1.16. The van der Waals surface area contributed by atoms with Crippen molar-refractivity contribution in [3.8, 4) is 0 Å². The van der Waals surface area contributed by atoms with Crippen LogP contribution in [0.1, 0.15) is 53.4 Å². The fourth-order valence-electron chi connectivity index (χ4n) is 3.69. The van der Waals surface area contributed by atoms with E-state index in [1.807, 2.05) is 12.1 Å². The molecule has 152 valence electrons. The number of rotatable bonds is 4. The van der Waals surface area contributed by atoms with Gasteiger partial charge in [-0.2, -0.15) is 0 Å². The third-order valence-corrected chi connectivity index (χ3v) is 6.70. The summed E-state index contributed by atoms with van der Waals surface area (Å²) in [6.45, 7) is 1.93. The van der Waals surface area contributed by atoms with Gasteiger partial charge in [-0.05, 0) is 31.4 Å². The molecule has 2 aromatic rings. The fourth-order valence-corrected chi connectivity index (χ4v) is 4.74. The van der Waals surface area contributed by atoms with Crippen LogP contribution >= 0.6 is 24.0 Å². The van der Waals surface area contributed by atoms with Gasteiger partial charge >= 0.3 is 0 Å². The van der Waals surface area contributed by atoms with Crippen LogP contribution in [0.15, 0.2) is 29.0 Å². The summed E-state index contributed by atoms with van der Waals surface area (Å²) in [5.74, 6) is 0.943. The smallest absolute Gasteiger partial charge is 0.237 e. The van der Waals surface area contributed by atoms with Crippen molar-refractivity contribution in [2.24, 2.45) is 0 Å². The lowest BCUT2D eigenvalue weighted by molar-refractivity contribution is -0.113. The lowest BCUT2D eigenvalue weighted by atomic mass is 9.85. The van der Waals surface area contributed by atoms with E-state index >= 15 is 0 Å². The van der Waals surface area contributed by atoms with Crippen LogP contribution in [0.2, 0.25) is 0 Å². The van der Waals surface area contributed by atoms with Gasteiger partial charge in [0.25, 0.3) is 0 Å². The van der Waals surface area contributed by atoms with E-state index in [-0.39, 0.29) is 29.3 Å². The van der Waals surface area contributed by atoms with Crippen molar-refractivity contribution >= 4 is 45.9 Å². The number of nitrogens with zero attached hydrogens (tertiary/aromatic N) is 3. The topological polar surface area (TPSA) is 88.3 Å². The van der Waals surface area contributed by atoms with Gasteiger partial charge in [0.15, 0.2) is 5.78 Å². The van der Waals surface area contributed by atoms with Crippen LogP contribution in [-0.4, -0.2) is 49.7 Å². The molecule has 9 heteroatoms. The molecule has 0 saturated carbocycles. The minimum Gasteiger partial charge on any atom is -0.469 e. The lowest BCUT2D eigenvalue weighted by Gasteiger charge is -2.28. The number of aromatic nitrogens is 2. The van der Waals surface area contributed by atoms with E-state index in [9.17, 15) is 9.59 Å². The molecule has 1 fully saturated rings. The largest absolute Gasteiger partial charge is 0.469 e. The Morgan fingerprint density at radius 1 is 1.31 bits per heavy atom. The normalized spacial score (nSPS) is 19.0. The summed E-state index contributed by atoms with van der Waals surface area (Å²) in [7, 11) is 0. The molecule has 7 nitrogen and oxygen atoms in total. The average molecular weight is 431 g/mol. The number of fused-ring (bicyclic) bond motifs is 1. The van der Waals surface area contributed by atoms with Crippen LogP contribution in [0.4, 0.5) is 5.95 Å². The van der Waals surface area contributed by atoms with Gasteiger partial charge in [0, 0.05) is 38.0 Å². The number of amides is 1. The van der Waals surface area contributed by atoms with Gasteiger partial charge in [0.2, 0.25) is 11.9 Å². The maximum atomic E-state index is 12.4. The Morgan fingerprint density at radius 3 is 2.90 bits per heavy atom. The molecule has 0 spiro atoms. The third-order valence-electron chi connectivity index (χ3n) is 5.18. The van der Waals surface area contributed by atoms with E-state index in [4.69, 9.17) is 16.6 Å². The van der Waals surface area contributed by atoms with Crippen LogP contribution < -0.4 is 5.32 Å². The van der Waals surface area contributed by atoms with Crippen molar-refractivity contribution in [3.63, 3.8) is 0 Å². The number of likely N-dealkylation sites (tertiary alicyclic amines) is 1. The number of carbonyl (C=O) groups is 2.